The van der Waals surface area contributed by atoms with Crippen LogP contribution in [0.1, 0.15) is 6.42 Å². The number of rotatable bonds is 11. The fourth-order valence-electron chi connectivity index (χ4n) is 1.57. The zero-order valence-corrected chi connectivity index (χ0v) is 13.5. The van der Waals surface area contributed by atoms with Gasteiger partial charge in [-0.1, -0.05) is 6.04 Å². The molecular formula is C10H27N3O3Si. The van der Waals surface area contributed by atoms with Crippen molar-refractivity contribution in [2.24, 2.45) is 5.73 Å². The normalized spacial score (nSPS) is 12.5. The molecule has 0 fully saturated rings. The second-order valence-corrected chi connectivity index (χ2v) is 4.72. The van der Waals surface area contributed by atoms with Gasteiger partial charge in [0.05, 0.1) is 13.7 Å². The highest BCUT2D eigenvalue weighted by Crippen LogP contribution is 2.17. The molecule has 0 aliphatic carbocycles. The van der Waals surface area contributed by atoms with Crippen molar-refractivity contribution < 1.29 is 14.3 Å². The van der Waals surface area contributed by atoms with Crippen molar-refractivity contribution in [3.8, 4) is 0 Å². The van der Waals surface area contributed by atoms with Crippen molar-refractivity contribution >= 4 is 10.2 Å². The maximum Gasteiger partial charge on any atom is 0.264 e. The second kappa shape index (κ2) is 9.95. The fraction of sp³-hybridized carbons (Fsp3) is 1.00. The standard InChI is InChI=1S/C10H27N3O3Si/c1-14-10(15-2,9-12-6-5-11)13(16-3)7-4-8-17/h12H,4-9,11H2,1-3,17H3. The first-order valence-corrected chi connectivity index (χ1v) is 7.45. The Kier molecular flexibility index (Phi) is 9.94. The average molecular weight is 265 g/mol. The first kappa shape index (κ1) is 17.0. The number of nitrogens with two attached hydrogens (primary N) is 1. The number of nitrogens with one attached hydrogen (secondary N) is 1. The van der Waals surface area contributed by atoms with Crippen LogP contribution < -0.4 is 11.1 Å². The molecular weight excluding hydrogens is 238 g/mol. The molecule has 6 nitrogen and oxygen atoms in total. The quantitative estimate of drug-likeness (QED) is 0.205. The van der Waals surface area contributed by atoms with Gasteiger partial charge in [-0.3, -0.25) is 4.84 Å². The first-order valence-electron chi connectivity index (χ1n) is 6.03. The van der Waals surface area contributed by atoms with E-state index in [1.165, 1.54) is 16.3 Å². The van der Waals surface area contributed by atoms with Crippen LogP contribution in [-0.2, 0) is 14.3 Å². The molecule has 0 aliphatic heterocycles. The molecule has 0 aliphatic rings. The Balaban J connectivity index is 4.49. The lowest BCUT2D eigenvalue weighted by Gasteiger charge is -2.39. The Morgan fingerprint density at radius 3 is 2.35 bits per heavy atom. The van der Waals surface area contributed by atoms with Gasteiger partial charge in [0.15, 0.2) is 0 Å². The summed E-state index contributed by atoms with van der Waals surface area (Å²) in [5, 5.41) is 4.91. The lowest BCUT2D eigenvalue weighted by Crippen LogP contribution is -2.58. The topological polar surface area (TPSA) is 69.0 Å². The van der Waals surface area contributed by atoms with Gasteiger partial charge in [-0.15, -0.1) is 5.06 Å². The van der Waals surface area contributed by atoms with E-state index in [0.717, 1.165) is 13.0 Å². The van der Waals surface area contributed by atoms with Gasteiger partial charge < -0.3 is 20.5 Å². The highest BCUT2D eigenvalue weighted by molar-refractivity contribution is 6.08. The molecule has 3 N–H and O–H groups in total. The van der Waals surface area contributed by atoms with Crippen LogP contribution in [0.15, 0.2) is 0 Å². The van der Waals surface area contributed by atoms with Gasteiger partial charge in [-0.2, -0.15) is 0 Å². The van der Waals surface area contributed by atoms with Gasteiger partial charge in [0, 0.05) is 44.1 Å². The van der Waals surface area contributed by atoms with Crippen LogP contribution >= 0.6 is 0 Å². The average Bonchev–Trinajstić information content (AvgIpc) is 2.37. The number of hydrogen-bond acceptors (Lipinski definition) is 6. The van der Waals surface area contributed by atoms with E-state index in [1.54, 1.807) is 26.4 Å². The maximum atomic E-state index is 5.47. The van der Waals surface area contributed by atoms with E-state index in [9.17, 15) is 0 Å². The minimum Gasteiger partial charge on any atom is -0.338 e. The molecule has 0 radical (unpaired) electrons. The first-order chi connectivity index (χ1) is 8.20. The minimum atomic E-state index is -0.888. The van der Waals surface area contributed by atoms with E-state index in [4.69, 9.17) is 20.0 Å². The molecule has 0 aromatic rings. The third-order valence-electron chi connectivity index (χ3n) is 2.62. The van der Waals surface area contributed by atoms with Gasteiger partial charge in [0.2, 0.25) is 0 Å². The summed E-state index contributed by atoms with van der Waals surface area (Å²) in [4.78, 5) is 5.36. The van der Waals surface area contributed by atoms with Crippen molar-refractivity contribution in [1.82, 2.24) is 10.4 Å². The van der Waals surface area contributed by atoms with Crippen molar-refractivity contribution in [2.45, 2.75) is 18.4 Å². The SMILES string of the molecule is CON(CCC[SiH3])C(CNCCN)(OC)OC. The van der Waals surface area contributed by atoms with Gasteiger partial charge in [-0.25, -0.2) is 0 Å². The van der Waals surface area contributed by atoms with Crippen LogP contribution in [0, 0.1) is 0 Å². The molecule has 0 atom stereocenters. The zero-order chi connectivity index (χ0) is 13.1. The molecule has 0 aromatic carbocycles. The van der Waals surface area contributed by atoms with Crippen LogP contribution in [0.25, 0.3) is 0 Å². The molecule has 0 spiro atoms. The number of nitrogens with zero attached hydrogens (tertiary/aromatic N) is 1. The summed E-state index contributed by atoms with van der Waals surface area (Å²) in [7, 11) is 6.05. The van der Waals surface area contributed by atoms with Gasteiger partial charge in [0.25, 0.3) is 5.91 Å². The predicted octanol–water partition coefficient (Wildman–Crippen LogP) is -1.48. The maximum absolute atomic E-state index is 5.47. The molecule has 0 saturated carbocycles. The Bertz CT molecular complexity index is 182. The molecule has 17 heavy (non-hydrogen) atoms. The molecule has 0 heterocycles. The van der Waals surface area contributed by atoms with Gasteiger partial charge in [-0.05, 0) is 6.42 Å². The van der Waals surface area contributed by atoms with Crippen molar-refractivity contribution in [3.05, 3.63) is 0 Å². The highest BCUT2D eigenvalue weighted by atomic mass is 28.1. The molecule has 0 aromatic heterocycles. The number of ether oxygens (including phenoxy) is 2. The van der Waals surface area contributed by atoms with E-state index < -0.39 is 5.91 Å². The highest BCUT2D eigenvalue weighted by Gasteiger charge is 2.37. The monoisotopic (exact) mass is 265 g/mol. The third-order valence-corrected chi connectivity index (χ3v) is 3.33. The summed E-state index contributed by atoms with van der Waals surface area (Å²) >= 11 is 0. The number of hydroxylamine groups is 2. The molecule has 0 rings (SSSR count). The molecule has 0 bridgehead atoms. The van der Waals surface area contributed by atoms with E-state index in [2.05, 4.69) is 5.32 Å². The minimum absolute atomic E-state index is 0.506. The number of methoxy groups -OCH3 is 2. The summed E-state index contributed by atoms with van der Waals surface area (Å²) in [6.45, 7) is 2.59. The van der Waals surface area contributed by atoms with E-state index in [0.29, 0.717) is 19.6 Å². The van der Waals surface area contributed by atoms with Crippen molar-refractivity contribution in [1.29, 1.82) is 0 Å². The molecule has 7 heteroatoms. The van der Waals surface area contributed by atoms with Crippen LogP contribution in [-0.4, -0.2) is 68.7 Å². The fourth-order valence-corrected chi connectivity index (χ4v) is 1.89. The lowest BCUT2D eigenvalue weighted by atomic mass is 10.3. The molecule has 0 unspecified atom stereocenters. The molecule has 0 saturated heterocycles. The summed E-state index contributed by atoms with van der Waals surface area (Å²) in [6.07, 6.45) is 1.07. The van der Waals surface area contributed by atoms with Crippen LogP contribution in [0.2, 0.25) is 6.04 Å². The molecule has 104 valence electrons. The summed E-state index contributed by atoms with van der Waals surface area (Å²) < 4.78 is 10.9. The van der Waals surface area contributed by atoms with Crippen molar-refractivity contribution in [2.75, 3.05) is 47.5 Å². The Morgan fingerprint density at radius 1 is 1.29 bits per heavy atom. The molecule has 0 amide bonds. The second-order valence-electron chi connectivity index (χ2n) is 3.72. The number of hydrogen-bond donors (Lipinski definition) is 2. The van der Waals surface area contributed by atoms with E-state index >= 15 is 0 Å². The Morgan fingerprint density at radius 2 is 1.94 bits per heavy atom. The van der Waals surface area contributed by atoms with Crippen LogP contribution in [0.4, 0.5) is 0 Å². The Hall–Kier alpha value is -0.0231. The largest absolute Gasteiger partial charge is 0.338 e. The Labute approximate surface area is 107 Å². The lowest BCUT2D eigenvalue weighted by molar-refractivity contribution is -0.384. The summed E-state index contributed by atoms with van der Waals surface area (Å²) in [5.74, 6) is -0.888. The summed E-state index contributed by atoms with van der Waals surface area (Å²) in [5.41, 5.74) is 5.45. The van der Waals surface area contributed by atoms with E-state index in [1.807, 2.05) is 0 Å². The third kappa shape index (κ3) is 5.43. The van der Waals surface area contributed by atoms with Crippen molar-refractivity contribution in [3.63, 3.8) is 0 Å². The van der Waals surface area contributed by atoms with Crippen LogP contribution in [0.5, 0.6) is 0 Å². The zero-order valence-electron chi connectivity index (χ0n) is 11.5. The predicted molar refractivity (Wildman–Crippen MR) is 71.8 cm³/mol. The van der Waals surface area contributed by atoms with Crippen LogP contribution in [0.3, 0.4) is 0 Å². The van der Waals surface area contributed by atoms with E-state index in [-0.39, 0.29) is 0 Å². The smallest absolute Gasteiger partial charge is 0.264 e. The van der Waals surface area contributed by atoms with Gasteiger partial charge in [0.1, 0.15) is 0 Å². The summed E-state index contributed by atoms with van der Waals surface area (Å²) in [6, 6.07) is 1.22. The van der Waals surface area contributed by atoms with Gasteiger partial charge >= 0.3 is 0 Å².